The van der Waals surface area contributed by atoms with E-state index >= 15 is 0 Å². The molecule has 0 aliphatic carbocycles. The van der Waals surface area contributed by atoms with Gasteiger partial charge in [-0.1, -0.05) is 30.3 Å². The summed E-state index contributed by atoms with van der Waals surface area (Å²) in [5, 5.41) is 8.99. The second kappa shape index (κ2) is 8.13. The van der Waals surface area contributed by atoms with Gasteiger partial charge in [0.25, 0.3) is 0 Å². The molecule has 0 amide bonds. The van der Waals surface area contributed by atoms with Gasteiger partial charge in [-0.25, -0.2) is 4.79 Å². The van der Waals surface area contributed by atoms with Crippen LogP contribution >= 0.6 is 0 Å². The average Bonchev–Trinajstić information content (AvgIpc) is 2.61. The lowest BCUT2D eigenvalue weighted by Gasteiger charge is -2.07. The molecule has 6 nitrogen and oxygen atoms in total. The van der Waals surface area contributed by atoms with Crippen LogP contribution in [0.4, 0.5) is 0 Å². The molecule has 0 aliphatic heterocycles. The summed E-state index contributed by atoms with van der Waals surface area (Å²) >= 11 is 0. The zero-order chi connectivity index (χ0) is 18.3. The Bertz CT molecular complexity index is 910. The number of benzene rings is 2. The van der Waals surface area contributed by atoms with E-state index in [0.29, 0.717) is 5.56 Å². The Hall–Kier alpha value is -3.11. The maximum Gasteiger partial charge on any atom is 0.348 e. The van der Waals surface area contributed by atoms with Crippen LogP contribution in [0.25, 0.3) is 6.08 Å². The molecule has 0 bridgehead atoms. The van der Waals surface area contributed by atoms with Crippen molar-refractivity contribution in [3.05, 3.63) is 65.7 Å². The van der Waals surface area contributed by atoms with Crippen LogP contribution in [0, 0.1) is 11.3 Å². The predicted molar refractivity (Wildman–Crippen MR) is 90.9 cm³/mol. The lowest BCUT2D eigenvalue weighted by molar-refractivity contribution is -0.137. The molecule has 7 heteroatoms. The molecule has 0 atom stereocenters. The van der Waals surface area contributed by atoms with Crippen molar-refractivity contribution >= 4 is 22.2 Å². The lowest BCUT2D eigenvalue weighted by atomic mass is 10.1. The Morgan fingerprint density at radius 1 is 1.12 bits per heavy atom. The Morgan fingerprint density at radius 2 is 1.76 bits per heavy atom. The molecule has 128 valence electrons. The van der Waals surface area contributed by atoms with Gasteiger partial charge < -0.3 is 8.92 Å². The fourth-order valence-corrected chi connectivity index (χ4v) is 2.85. The molecule has 0 radical (unpaired) electrons. The van der Waals surface area contributed by atoms with Crippen LogP contribution in [-0.4, -0.2) is 21.0 Å². The lowest BCUT2D eigenvalue weighted by Crippen LogP contribution is -2.09. The van der Waals surface area contributed by atoms with Crippen LogP contribution in [0.15, 0.2) is 65.1 Å². The number of nitriles is 1. The summed E-state index contributed by atoms with van der Waals surface area (Å²) in [6, 6.07) is 15.5. The largest absolute Gasteiger partial charge is 0.462 e. The third-order valence-electron chi connectivity index (χ3n) is 3.04. The maximum absolute atomic E-state index is 12.1. The van der Waals surface area contributed by atoms with Crippen molar-refractivity contribution in [1.82, 2.24) is 0 Å². The highest BCUT2D eigenvalue weighted by Crippen LogP contribution is 2.20. The van der Waals surface area contributed by atoms with Crippen molar-refractivity contribution in [2.24, 2.45) is 0 Å². The Balaban J connectivity index is 2.18. The molecule has 0 spiro atoms. The van der Waals surface area contributed by atoms with E-state index in [2.05, 4.69) is 0 Å². The van der Waals surface area contributed by atoms with Gasteiger partial charge in [0.15, 0.2) is 0 Å². The van der Waals surface area contributed by atoms with Crippen LogP contribution in [0.3, 0.4) is 0 Å². The van der Waals surface area contributed by atoms with Crippen LogP contribution < -0.4 is 4.18 Å². The van der Waals surface area contributed by atoms with Gasteiger partial charge >= 0.3 is 16.1 Å². The number of carbonyl (C=O) groups excluding carboxylic acids is 1. The van der Waals surface area contributed by atoms with Crippen molar-refractivity contribution in [1.29, 1.82) is 5.26 Å². The first kappa shape index (κ1) is 18.2. The topological polar surface area (TPSA) is 93.5 Å². The molecule has 0 saturated carbocycles. The number of nitrogens with zero attached hydrogens (tertiary/aromatic N) is 1. The van der Waals surface area contributed by atoms with E-state index in [1.54, 1.807) is 31.2 Å². The van der Waals surface area contributed by atoms with Crippen LogP contribution in [-0.2, 0) is 19.6 Å². The summed E-state index contributed by atoms with van der Waals surface area (Å²) < 4.78 is 34.1. The highest BCUT2D eigenvalue weighted by atomic mass is 32.2. The SMILES string of the molecule is CCOC(=O)/C(C#N)=C\c1ccc(OS(=O)(=O)c2ccccc2)cc1. The number of hydrogen-bond acceptors (Lipinski definition) is 6. The molecule has 2 aromatic carbocycles. The highest BCUT2D eigenvalue weighted by molar-refractivity contribution is 7.87. The molecule has 25 heavy (non-hydrogen) atoms. The van der Waals surface area contributed by atoms with E-state index in [-0.39, 0.29) is 22.8 Å². The first-order valence-corrected chi connectivity index (χ1v) is 8.75. The molecule has 0 heterocycles. The molecule has 0 aliphatic rings. The fraction of sp³-hybridized carbons (Fsp3) is 0.111. The average molecular weight is 357 g/mol. The summed E-state index contributed by atoms with van der Waals surface area (Å²) in [6.07, 6.45) is 1.35. The summed E-state index contributed by atoms with van der Waals surface area (Å²) in [7, 11) is -3.92. The fourth-order valence-electron chi connectivity index (χ4n) is 1.89. The van der Waals surface area contributed by atoms with Gasteiger partial charge in [-0.3, -0.25) is 0 Å². The van der Waals surface area contributed by atoms with E-state index in [1.165, 1.54) is 42.5 Å². The van der Waals surface area contributed by atoms with E-state index in [0.717, 1.165) is 0 Å². The standard InChI is InChI=1S/C18H15NO5S/c1-2-23-18(20)15(13-19)12-14-8-10-16(11-9-14)24-25(21,22)17-6-4-3-5-7-17/h3-12H,2H2,1H3/b15-12-. The van der Waals surface area contributed by atoms with E-state index < -0.39 is 16.1 Å². The van der Waals surface area contributed by atoms with Crippen molar-refractivity contribution < 1.29 is 22.1 Å². The number of rotatable bonds is 6. The minimum Gasteiger partial charge on any atom is -0.462 e. The van der Waals surface area contributed by atoms with Crippen molar-refractivity contribution in [3.63, 3.8) is 0 Å². The van der Waals surface area contributed by atoms with Gasteiger partial charge in [0.05, 0.1) is 6.61 Å². The number of carbonyl (C=O) groups is 1. The quantitative estimate of drug-likeness (QED) is 0.341. The number of esters is 1. The zero-order valence-corrected chi connectivity index (χ0v) is 14.2. The van der Waals surface area contributed by atoms with Gasteiger partial charge in [-0.15, -0.1) is 0 Å². The van der Waals surface area contributed by atoms with Crippen molar-refractivity contribution in [3.8, 4) is 11.8 Å². The summed E-state index contributed by atoms with van der Waals surface area (Å²) in [5.74, 6) is -0.590. The highest BCUT2D eigenvalue weighted by Gasteiger charge is 2.16. The number of hydrogen-bond donors (Lipinski definition) is 0. The third kappa shape index (κ3) is 4.93. The van der Waals surface area contributed by atoms with Crippen LogP contribution in [0.1, 0.15) is 12.5 Å². The normalized spacial score (nSPS) is 11.4. The summed E-state index contributed by atoms with van der Waals surface area (Å²) in [5.41, 5.74) is 0.390. The molecule has 2 rings (SSSR count). The van der Waals surface area contributed by atoms with E-state index in [9.17, 15) is 13.2 Å². The molecular weight excluding hydrogens is 342 g/mol. The molecule has 0 aromatic heterocycles. The van der Waals surface area contributed by atoms with Gasteiger partial charge in [-0.05, 0) is 42.8 Å². The Kier molecular flexibility index (Phi) is 5.93. The third-order valence-corrected chi connectivity index (χ3v) is 4.31. The van der Waals surface area contributed by atoms with E-state index in [1.807, 2.05) is 0 Å². The first-order valence-electron chi connectivity index (χ1n) is 7.35. The van der Waals surface area contributed by atoms with E-state index in [4.69, 9.17) is 14.2 Å². The minimum absolute atomic E-state index is 0.0491. The smallest absolute Gasteiger partial charge is 0.348 e. The molecular formula is C18H15NO5S. The Labute approximate surface area is 146 Å². The molecule has 2 aromatic rings. The van der Waals surface area contributed by atoms with Gasteiger partial charge in [0.2, 0.25) is 0 Å². The minimum atomic E-state index is -3.92. The molecule has 0 saturated heterocycles. The molecule has 0 fully saturated rings. The van der Waals surface area contributed by atoms with Crippen molar-refractivity contribution in [2.45, 2.75) is 11.8 Å². The summed E-state index contributed by atoms with van der Waals surface area (Å²) in [6.45, 7) is 1.81. The molecule has 0 unspecified atom stereocenters. The van der Waals surface area contributed by atoms with Crippen molar-refractivity contribution in [2.75, 3.05) is 6.61 Å². The van der Waals surface area contributed by atoms with Crippen LogP contribution in [0.5, 0.6) is 5.75 Å². The molecule has 0 N–H and O–H groups in total. The monoisotopic (exact) mass is 357 g/mol. The maximum atomic E-state index is 12.1. The zero-order valence-electron chi connectivity index (χ0n) is 13.4. The number of ether oxygens (including phenoxy) is 1. The van der Waals surface area contributed by atoms with Gasteiger partial charge in [0.1, 0.15) is 22.3 Å². The second-order valence-corrected chi connectivity index (χ2v) is 6.36. The predicted octanol–water partition coefficient (Wildman–Crippen LogP) is 2.92. The second-order valence-electron chi connectivity index (χ2n) is 4.81. The van der Waals surface area contributed by atoms with Gasteiger partial charge in [0, 0.05) is 0 Å². The van der Waals surface area contributed by atoms with Gasteiger partial charge in [-0.2, -0.15) is 13.7 Å². The van der Waals surface area contributed by atoms with Crippen LogP contribution in [0.2, 0.25) is 0 Å². The Morgan fingerprint density at radius 3 is 2.32 bits per heavy atom. The first-order chi connectivity index (χ1) is 12.0. The summed E-state index contributed by atoms with van der Waals surface area (Å²) in [4.78, 5) is 11.6.